The molecule has 0 amide bonds. The highest BCUT2D eigenvalue weighted by molar-refractivity contribution is 5.93. The molecular weight excluding hydrogens is 839 g/mol. The number of morpholine rings is 1. The molecule has 14 nitrogen and oxygen atoms in total. The lowest BCUT2D eigenvalue weighted by molar-refractivity contribution is 0.0393. The molecule has 5 heterocycles. The van der Waals surface area contributed by atoms with E-state index < -0.39 is 0 Å². The molecule has 2 aromatic carbocycles. The van der Waals surface area contributed by atoms with Gasteiger partial charge in [-0.2, -0.15) is 0 Å². The molecule has 0 spiro atoms. The Hall–Kier alpha value is -3.92. The average molecular weight is 920 g/mol. The molecule has 4 unspecified atom stereocenters. The van der Waals surface area contributed by atoms with Gasteiger partial charge in [-0.3, -0.25) is 14.7 Å². The van der Waals surface area contributed by atoms with Crippen molar-refractivity contribution in [3.8, 4) is 0 Å². The second kappa shape index (κ2) is 22.2. The van der Waals surface area contributed by atoms with Gasteiger partial charge >= 0.3 is 0 Å². The van der Waals surface area contributed by atoms with Gasteiger partial charge in [-0.05, 0) is 107 Å². The number of aromatic nitrogens is 4. The third-order valence-corrected chi connectivity index (χ3v) is 15.6. The Morgan fingerprint density at radius 3 is 1.42 bits per heavy atom. The first-order valence-corrected chi connectivity index (χ1v) is 26.5. The second-order valence-corrected chi connectivity index (χ2v) is 20.2. The summed E-state index contributed by atoms with van der Waals surface area (Å²) in [5.74, 6) is 5.34. The van der Waals surface area contributed by atoms with Crippen molar-refractivity contribution in [3.05, 3.63) is 48.0 Å². The van der Waals surface area contributed by atoms with Crippen LogP contribution in [0.5, 0.6) is 0 Å². The number of rotatable bonds is 13. The van der Waals surface area contributed by atoms with Crippen LogP contribution in [-0.4, -0.2) is 182 Å². The van der Waals surface area contributed by atoms with Crippen LogP contribution < -0.4 is 19.6 Å². The molecule has 366 valence electrons. The Kier molecular flexibility index (Phi) is 16.0. The molecule has 0 bridgehead atoms. The molecule has 11 rings (SSSR count). The number of benzene rings is 2. The smallest absolute Gasteiger partial charge is 0.140 e. The van der Waals surface area contributed by atoms with Gasteiger partial charge < -0.3 is 34.5 Å². The van der Waals surface area contributed by atoms with Gasteiger partial charge in [0, 0.05) is 145 Å². The maximum absolute atomic E-state index is 10.4. The lowest BCUT2D eigenvalue weighted by Crippen LogP contribution is -2.52. The van der Waals surface area contributed by atoms with Crippen LogP contribution >= 0.6 is 0 Å². The molecule has 4 saturated carbocycles. The molecule has 2 N–H and O–H groups in total. The maximum Gasteiger partial charge on any atom is 0.140 e. The maximum atomic E-state index is 10.4. The van der Waals surface area contributed by atoms with Crippen molar-refractivity contribution in [3.63, 3.8) is 0 Å². The third-order valence-electron chi connectivity index (χ3n) is 15.6. The monoisotopic (exact) mass is 920 g/mol. The van der Waals surface area contributed by atoms with Crippen molar-refractivity contribution in [2.75, 3.05) is 132 Å². The van der Waals surface area contributed by atoms with Gasteiger partial charge in [-0.1, -0.05) is 20.8 Å². The van der Waals surface area contributed by atoms with Crippen LogP contribution in [0.25, 0.3) is 21.8 Å². The summed E-state index contributed by atoms with van der Waals surface area (Å²) in [7, 11) is 4.35. The summed E-state index contributed by atoms with van der Waals surface area (Å²) in [4.78, 5) is 37.2. The zero-order chi connectivity index (χ0) is 46.4. The van der Waals surface area contributed by atoms with Crippen molar-refractivity contribution in [1.82, 2.24) is 34.6 Å². The van der Waals surface area contributed by atoms with E-state index in [1.54, 1.807) is 0 Å². The fraction of sp³-hybridized carbons (Fsp3) is 0.698. The summed E-state index contributed by atoms with van der Waals surface area (Å²) in [6, 6.07) is 14.1. The molecule has 67 heavy (non-hydrogen) atoms. The minimum atomic E-state index is -0.154. The van der Waals surface area contributed by atoms with E-state index in [0.29, 0.717) is 23.9 Å². The lowest BCUT2D eigenvalue weighted by Gasteiger charge is -2.40. The van der Waals surface area contributed by atoms with Gasteiger partial charge in [0.15, 0.2) is 0 Å². The molecule has 3 saturated heterocycles. The van der Waals surface area contributed by atoms with Crippen LogP contribution in [0.4, 0.5) is 23.0 Å². The first-order chi connectivity index (χ1) is 32.8. The molecule has 14 heteroatoms. The molecule has 7 aliphatic rings. The van der Waals surface area contributed by atoms with Crippen molar-refractivity contribution in [2.45, 2.75) is 128 Å². The number of aliphatic hydroxyl groups is 2. The highest BCUT2D eigenvalue weighted by Gasteiger charge is 2.36. The predicted molar refractivity (Wildman–Crippen MR) is 273 cm³/mol. The minimum absolute atomic E-state index is 0.144. The van der Waals surface area contributed by atoms with Gasteiger partial charge in [-0.15, -0.1) is 0 Å². The van der Waals surface area contributed by atoms with Gasteiger partial charge in [0.25, 0.3) is 0 Å². The van der Waals surface area contributed by atoms with E-state index in [2.05, 4.69) is 91.7 Å². The minimum Gasteiger partial charge on any atom is -0.391 e. The van der Waals surface area contributed by atoms with Crippen LogP contribution in [-0.2, 0) is 4.74 Å². The molecule has 2 aromatic heterocycles. The van der Waals surface area contributed by atoms with Crippen LogP contribution in [0.1, 0.15) is 115 Å². The Morgan fingerprint density at radius 2 is 1.01 bits per heavy atom. The number of hydrogen-bond acceptors (Lipinski definition) is 14. The molecular formula is C53H81N11O3. The highest BCUT2D eigenvalue weighted by atomic mass is 16.5. The number of ether oxygens (including phenoxy) is 1. The zero-order valence-electron chi connectivity index (χ0n) is 41.5. The number of anilines is 4. The first kappa shape index (κ1) is 48.1. The topological polar surface area (TPSA) is 124 Å². The van der Waals surface area contributed by atoms with Crippen molar-refractivity contribution in [2.24, 2.45) is 0 Å². The summed E-state index contributed by atoms with van der Waals surface area (Å²) < 4.78 is 5.49. The Morgan fingerprint density at radius 1 is 0.567 bits per heavy atom. The Labute approximate surface area is 400 Å². The predicted octanol–water partition coefficient (Wildman–Crippen LogP) is 6.73. The summed E-state index contributed by atoms with van der Waals surface area (Å²) >= 11 is 0. The molecule has 4 atom stereocenters. The number of hydrogen-bond donors (Lipinski definition) is 2. The second-order valence-electron chi connectivity index (χ2n) is 20.2. The van der Waals surface area contributed by atoms with E-state index in [1.807, 2.05) is 13.8 Å². The van der Waals surface area contributed by atoms with Gasteiger partial charge in [0.1, 0.15) is 23.3 Å². The lowest BCUT2D eigenvalue weighted by atomic mass is 10.1. The largest absolute Gasteiger partial charge is 0.391 e. The van der Waals surface area contributed by atoms with E-state index in [-0.39, 0.29) is 12.2 Å². The Bertz CT molecular complexity index is 2220. The number of piperazine rings is 2. The summed E-state index contributed by atoms with van der Waals surface area (Å²) in [6.07, 6.45) is 12.2. The first-order valence-electron chi connectivity index (χ1n) is 26.5. The van der Waals surface area contributed by atoms with Crippen LogP contribution in [0.15, 0.2) is 36.4 Å². The SMILES string of the molecule is CC.CCCN(C)c1ccc2nc(C3CC3)nc(N3CCN(C4CCCC4O)CC3)c2c1.CN(CCN1CCOCC1)c1ccc2nc(C3CC3)nc(N3CCN(C4CCCC4O)CC3)c2c1. The molecule has 4 aliphatic carbocycles. The van der Waals surface area contributed by atoms with Gasteiger partial charge in [-0.25, -0.2) is 19.9 Å². The zero-order valence-corrected chi connectivity index (χ0v) is 41.5. The molecule has 3 aliphatic heterocycles. The third kappa shape index (κ3) is 11.4. The van der Waals surface area contributed by atoms with E-state index in [0.717, 1.165) is 178 Å². The summed E-state index contributed by atoms with van der Waals surface area (Å²) in [6.45, 7) is 20.9. The van der Waals surface area contributed by atoms with E-state index in [9.17, 15) is 10.2 Å². The molecule has 4 aromatic rings. The average Bonchev–Trinajstić information content (AvgIpc) is 4.32. The van der Waals surface area contributed by atoms with E-state index >= 15 is 0 Å². The Balaban J connectivity index is 0.000000164. The molecule has 7 fully saturated rings. The number of nitrogens with zero attached hydrogens (tertiary/aromatic N) is 11. The van der Waals surface area contributed by atoms with E-state index in [1.165, 1.54) is 47.8 Å². The van der Waals surface area contributed by atoms with Crippen molar-refractivity contribution >= 4 is 44.8 Å². The van der Waals surface area contributed by atoms with Crippen LogP contribution in [0.2, 0.25) is 0 Å². The van der Waals surface area contributed by atoms with Gasteiger partial charge in [0.05, 0.1) is 36.5 Å². The quantitative estimate of drug-likeness (QED) is 0.147. The van der Waals surface area contributed by atoms with Crippen molar-refractivity contribution < 1.29 is 14.9 Å². The standard InChI is InChI=1S/C27H40N6O2.C24H35N5O.C2H6/c1-30(9-10-31-15-17-35-18-16-31)21-7-8-23-22(19-21)27(29-26(28-23)20-5-6-20)33-13-11-32(12-14-33)24-3-2-4-25(24)34;1-3-11-27(2)18-9-10-20-19(16-18)24(26-23(25-20)17-7-8-17)29-14-12-28(13-15-29)21-5-4-6-22(21)30;1-2/h7-8,19-20,24-25,34H,2-6,9-18H2,1H3;9-10,16-17,21-22,30H,3-8,11-15H2,1-2H3;1-2H3. The fourth-order valence-corrected chi connectivity index (χ4v) is 11.2. The van der Waals surface area contributed by atoms with E-state index in [4.69, 9.17) is 24.7 Å². The summed E-state index contributed by atoms with van der Waals surface area (Å²) in [5, 5.41) is 23.0. The number of aliphatic hydroxyl groups excluding tert-OH is 2. The fourth-order valence-electron chi connectivity index (χ4n) is 11.2. The summed E-state index contributed by atoms with van der Waals surface area (Å²) in [5.41, 5.74) is 4.60. The number of fused-ring (bicyclic) bond motifs is 2. The van der Waals surface area contributed by atoms with Crippen molar-refractivity contribution in [1.29, 1.82) is 0 Å². The normalized spacial score (nSPS) is 25.2. The van der Waals surface area contributed by atoms with Crippen LogP contribution in [0.3, 0.4) is 0 Å². The van der Waals surface area contributed by atoms with Gasteiger partial charge in [0.2, 0.25) is 0 Å². The van der Waals surface area contributed by atoms with Crippen LogP contribution in [0, 0.1) is 0 Å². The highest BCUT2D eigenvalue weighted by Crippen LogP contribution is 2.42. The molecule has 0 radical (unpaired) electrons. The number of likely N-dealkylation sites (N-methyl/N-ethyl adjacent to an activating group) is 1.